The Morgan fingerprint density at radius 3 is 2.45 bits per heavy atom. The van der Waals surface area contributed by atoms with Crippen LogP contribution in [0.5, 0.6) is 0 Å². The minimum absolute atomic E-state index is 0.573. The Balaban J connectivity index is 3.21. The summed E-state index contributed by atoms with van der Waals surface area (Å²) < 4.78 is 3.35. The smallest absolute Gasteiger partial charge is 0.0320 e. The number of benzene rings is 1. The van der Waals surface area contributed by atoms with Crippen LogP contribution in [-0.2, 0) is 6.54 Å². The van der Waals surface area contributed by atoms with E-state index in [1.807, 2.05) is 6.07 Å². The zero-order chi connectivity index (χ0) is 8.43. The lowest BCUT2D eigenvalue weighted by molar-refractivity contribution is 1.06. The summed E-state index contributed by atoms with van der Waals surface area (Å²) in [6.07, 6.45) is 0. The van der Waals surface area contributed by atoms with Crippen LogP contribution in [0.1, 0.15) is 5.56 Å². The third-order valence-electron chi connectivity index (χ3n) is 1.31. The van der Waals surface area contributed by atoms with Crippen LogP contribution in [0.2, 0.25) is 0 Å². The molecule has 0 saturated heterocycles. The number of halogens is 3. The molecule has 1 aromatic carbocycles. The second-order valence-corrected chi connectivity index (χ2v) is 4.93. The van der Waals surface area contributed by atoms with Gasteiger partial charge in [-0.15, -0.1) is 0 Å². The molecule has 0 aliphatic carbocycles. The fourth-order valence-electron chi connectivity index (χ4n) is 0.720. The van der Waals surface area contributed by atoms with Crippen LogP contribution in [0.25, 0.3) is 0 Å². The first-order chi connectivity index (χ1) is 5.15. The van der Waals surface area contributed by atoms with Crippen molar-refractivity contribution in [2.75, 3.05) is 0 Å². The first-order valence-corrected chi connectivity index (χ1v) is 5.65. The molecule has 0 bridgehead atoms. The molecule has 0 saturated carbocycles. The Hall–Kier alpha value is 0.870. The fraction of sp³-hybridized carbons (Fsp3) is 0.143. The van der Waals surface area contributed by atoms with Crippen molar-refractivity contribution in [3.05, 3.63) is 30.2 Å². The maximum absolute atomic E-state index is 5.52. The molecule has 1 aromatic rings. The highest BCUT2D eigenvalue weighted by molar-refractivity contribution is 14.1. The van der Waals surface area contributed by atoms with Gasteiger partial charge in [0.05, 0.1) is 0 Å². The van der Waals surface area contributed by atoms with E-state index in [1.165, 1.54) is 3.57 Å². The molecular formula is C7H6Br2IN. The molecule has 0 heterocycles. The first kappa shape index (κ1) is 9.95. The van der Waals surface area contributed by atoms with E-state index in [2.05, 4.69) is 60.5 Å². The molecule has 0 spiro atoms. The zero-order valence-corrected chi connectivity index (χ0v) is 10.9. The van der Waals surface area contributed by atoms with Gasteiger partial charge in [-0.2, -0.15) is 0 Å². The molecule has 0 fully saturated rings. The van der Waals surface area contributed by atoms with Gasteiger partial charge in [-0.05, 0) is 56.2 Å². The van der Waals surface area contributed by atoms with Crippen LogP contribution in [-0.4, -0.2) is 0 Å². The Kier molecular flexibility index (Phi) is 3.80. The third kappa shape index (κ3) is 2.40. The highest BCUT2D eigenvalue weighted by Gasteiger charge is 2.02. The highest BCUT2D eigenvalue weighted by atomic mass is 127. The predicted molar refractivity (Wildman–Crippen MR) is 62.5 cm³/mol. The standard InChI is InChI=1S/C7H6Br2IN/c8-5-2-6(9)7(10)1-4(5)3-11/h1-2H,3,11H2. The van der Waals surface area contributed by atoms with E-state index in [9.17, 15) is 0 Å². The summed E-state index contributed by atoms with van der Waals surface area (Å²) in [4.78, 5) is 0. The topological polar surface area (TPSA) is 26.0 Å². The summed E-state index contributed by atoms with van der Waals surface area (Å²) in [5.74, 6) is 0. The maximum Gasteiger partial charge on any atom is 0.0320 e. The van der Waals surface area contributed by atoms with Gasteiger partial charge in [0.15, 0.2) is 0 Å². The van der Waals surface area contributed by atoms with E-state index in [1.54, 1.807) is 0 Å². The van der Waals surface area contributed by atoms with Crippen LogP contribution in [0, 0.1) is 3.57 Å². The van der Waals surface area contributed by atoms with Crippen LogP contribution in [0.4, 0.5) is 0 Å². The third-order valence-corrected chi connectivity index (χ3v) is 4.34. The monoisotopic (exact) mass is 389 g/mol. The largest absolute Gasteiger partial charge is 0.326 e. The summed E-state index contributed by atoms with van der Waals surface area (Å²) in [6.45, 7) is 0.573. The SMILES string of the molecule is NCc1cc(I)c(Br)cc1Br. The molecule has 0 unspecified atom stereocenters. The van der Waals surface area contributed by atoms with Gasteiger partial charge in [-0.1, -0.05) is 15.9 Å². The zero-order valence-electron chi connectivity index (χ0n) is 5.57. The fourth-order valence-corrected chi connectivity index (χ4v) is 2.41. The van der Waals surface area contributed by atoms with E-state index in [-0.39, 0.29) is 0 Å². The van der Waals surface area contributed by atoms with Crippen molar-refractivity contribution < 1.29 is 0 Å². The molecule has 0 atom stereocenters. The van der Waals surface area contributed by atoms with Crippen molar-refractivity contribution in [2.45, 2.75) is 6.54 Å². The van der Waals surface area contributed by atoms with E-state index in [0.29, 0.717) is 6.54 Å². The van der Waals surface area contributed by atoms with Crippen molar-refractivity contribution in [3.63, 3.8) is 0 Å². The molecule has 4 heteroatoms. The number of hydrogen-bond donors (Lipinski definition) is 1. The molecule has 0 radical (unpaired) electrons. The van der Waals surface area contributed by atoms with E-state index in [0.717, 1.165) is 14.5 Å². The molecule has 60 valence electrons. The van der Waals surface area contributed by atoms with Crippen molar-refractivity contribution in [2.24, 2.45) is 5.73 Å². The summed E-state index contributed by atoms with van der Waals surface area (Å²) in [7, 11) is 0. The van der Waals surface area contributed by atoms with Crippen molar-refractivity contribution in [3.8, 4) is 0 Å². The lowest BCUT2D eigenvalue weighted by Crippen LogP contribution is -1.97. The van der Waals surface area contributed by atoms with Crippen molar-refractivity contribution in [1.82, 2.24) is 0 Å². The number of nitrogens with two attached hydrogens (primary N) is 1. The molecule has 11 heavy (non-hydrogen) atoms. The van der Waals surface area contributed by atoms with E-state index in [4.69, 9.17) is 5.73 Å². The minimum atomic E-state index is 0.573. The lowest BCUT2D eigenvalue weighted by Gasteiger charge is -2.03. The molecular weight excluding hydrogens is 385 g/mol. The van der Waals surface area contributed by atoms with E-state index >= 15 is 0 Å². The Labute approximate surface area is 96.1 Å². The van der Waals surface area contributed by atoms with Gasteiger partial charge in [0.25, 0.3) is 0 Å². The van der Waals surface area contributed by atoms with Gasteiger partial charge in [-0.25, -0.2) is 0 Å². The lowest BCUT2D eigenvalue weighted by atomic mass is 10.2. The summed E-state index contributed by atoms with van der Waals surface area (Å²) in [5, 5.41) is 0. The summed E-state index contributed by atoms with van der Waals surface area (Å²) in [6, 6.07) is 4.08. The van der Waals surface area contributed by atoms with Gasteiger partial charge < -0.3 is 5.73 Å². The molecule has 1 nitrogen and oxygen atoms in total. The average molecular weight is 391 g/mol. The Bertz CT molecular complexity index is 275. The summed E-state index contributed by atoms with van der Waals surface area (Å²) >= 11 is 9.13. The van der Waals surface area contributed by atoms with Gasteiger partial charge in [-0.3, -0.25) is 0 Å². The maximum atomic E-state index is 5.52. The number of rotatable bonds is 1. The quantitative estimate of drug-likeness (QED) is 0.578. The van der Waals surface area contributed by atoms with E-state index < -0.39 is 0 Å². The molecule has 0 aliphatic heterocycles. The van der Waals surface area contributed by atoms with Gasteiger partial charge >= 0.3 is 0 Å². The predicted octanol–water partition coefficient (Wildman–Crippen LogP) is 3.27. The Morgan fingerprint density at radius 2 is 1.91 bits per heavy atom. The summed E-state index contributed by atoms with van der Waals surface area (Å²) in [5.41, 5.74) is 6.66. The van der Waals surface area contributed by atoms with Gasteiger partial charge in [0.2, 0.25) is 0 Å². The van der Waals surface area contributed by atoms with Crippen molar-refractivity contribution in [1.29, 1.82) is 0 Å². The van der Waals surface area contributed by atoms with Crippen LogP contribution in [0.3, 0.4) is 0 Å². The van der Waals surface area contributed by atoms with Crippen LogP contribution in [0.15, 0.2) is 21.1 Å². The van der Waals surface area contributed by atoms with Crippen LogP contribution >= 0.6 is 54.5 Å². The molecule has 0 aliphatic rings. The second-order valence-electron chi connectivity index (χ2n) is 2.06. The molecule has 0 amide bonds. The average Bonchev–Trinajstić information content (AvgIpc) is 1.97. The number of hydrogen-bond acceptors (Lipinski definition) is 1. The normalized spacial score (nSPS) is 10.2. The first-order valence-electron chi connectivity index (χ1n) is 2.98. The van der Waals surface area contributed by atoms with Crippen molar-refractivity contribution >= 4 is 54.5 Å². The molecule has 1 rings (SSSR count). The second kappa shape index (κ2) is 4.20. The highest BCUT2D eigenvalue weighted by Crippen LogP contribution is 2.26. The van der Waals surface area contributed by atoms with Gasteiger partial charge in [0.1, 0.15) is 0 Å². The van der Waals surface area contributed by atoms with Gasteiger partial charge in [0, 0.05) is 19.1 Å². The molecule has 2 N–H and O–H groups in total. The Morgan fingerprint density at radius 1 is 1.27 bits per heavy atom. The van der Waals surface area contributed by atoms with Crippen LogP contribution < -0.4 is 5.73 Å². The minimum Gasteiger partial charge on any atom is -0.326 e. The molecule has 0 aromatic heterocycles.